The van der Waals surface area contributed by atoms with Crippen LogP contribution in [-0.4, -0.2) is 11.2 Å². The van der Waals surface area contributed by atoms with Crippen LogP contribution in [0.1, 0.15) is 5.56 Å². The van der Waals surface area contributed by atoms with Crippen LogP contribution < -0.4 is 0 Å². The molecular formula is C11H8F3NS. The van der Waals surface area contributed by atoms with E-state index in [1.54, 1.807) is 12.1 Å². The molecule has 1 nitrogen and oxygen atoms in total. The molecule has 0 N–H and O–H groups in total. The highest BCUT2D eigenvalue weighted by atomic mass is 32.2. The number of aromatic nitrogens is 1. The molecule has 0 spiro atoms. The Balaban J connectivity index is 2.79. The van der Waals surface area contributed by atoms with Crippen molar-refractivity contribution in [2.24, 2.45) is 0 Å². The average Bonchev–Trinajstić information content (AvgIpc) is 2.26. The van der Waals surface area contributed by atoms with Crippen LogP contribution >= 0.6 is 11.8 Å². The number of thioether (sulfide) groups is 1. The Morgan fingerprint density at radius 2 is 1.94 bits per heavy atom. The Kier molecular flexibility index (Phi) is 2.80. The molecule has 0 fully saturated rings. The van der Waals surface area contributed by atoms with Crippen LogP contribution in [0.3, 0.4) is 0 Å². The molecule has 0 atom stereocenters. The monoisotopic (exact) mass is 243 g/mol. The van der Waals surface area contributed by atoms with Crippen molar-refractivity contribution in [3.05, 3.63) is 36.0 Å². The number of rotatable bonds is 1. The van der Waals surface area contributed by atoms with E-state index in [9.17, 15) is 13.2 Å². The van der Waals surface area contributed by atoms with E-state index in [2.05, 4.69) is 4.98 Å². The highest BCUT2D eigenvalue weighted by Crippen LogP contribution is 2.35. The maximum atomic E-state index is 12.7. The molecule has 0 aliphatic rings. The van der Waals surface area contributed by atoms with E-state index in [0.29, 0.717) is 5.39 Å². The highest BCUT2D eigenvalue weighted by molar-refractivity contribution is 7.98. The van der Waals surface area contributed by atoms with Crippen molar-refractivity contribution in [1.82, 2.24) is 4.98 Å². The standard InChI is InChI=1S/C11H8F3NS/c1-16-9-5-6-15-10-7(9)3-2-4-8(10)11(12,13)14/h2-6H,1H3. The van der Waals surface area contributed by atoms with Crippen LogP contribution in [0.15, 0.2) is 35.4 Å². The maximum Gasteiger partial charge on any atom is 0.418 e. The normalized spacial score (nSPS) is 12.0. The van der Waals surface area contributed by atoms with Gasteiger partial charge in [0.05, 0.1) is 11.1 Å². The van der Waals surface area contributed by atoms with E-state index in [1.807, 2.05) is 6.26 Å². The third-order valence-corrected chi connectivity index (χ3v) is 3.05. The Labute approximate surface area is 94.7 Å². The van der Waals surface area contributed by atoms with E-state index < -0.39 is 11.7 Å². The number of para-hydroxylation sites is 1. The molecule has 0 aliphatic carbocycles. The molecule has 0 aliphatic heterocycles. The van der Waals surface area contributed by atoms with Gasteiger partial charge in [-0.15, -0.1) is 11.8 Å². The van der Waals surface area contributed by atoms with Crippen LogP contribution in [0, 0.1) is 0 Å². The molecule has 0 radical (unpaired) electrons. The Hall–Kier alpha value is -1.23. The summed E-state index contributed by atoms with van der Waals surface area (Å²) in [6.07, 6.45) is -1.12. The van der Waals surface area contributed by atoms with E-state index in [-0.39, 0.29) is 5.52 Å². The first-order valence-electron chi connectivity index (χ1n) is 4.53. The van der Waals surface area contributed by atoms with Crippen LogP contribution in [0.25, 0.3) is 10.9 Å². The molecule has 2 rings (SSSR count). The van der Waals surface area contributed by atoms with Crippen molar-refractivity contribution in [3.63, 3.8) is 0 Å². The zero-order valence-corrected chi connectivity index (χ0v) is 9.19. The van der Waals surface area contributed by atoms with Crippen molar-refractivity contribution in [2.75, 3.05) is 6.26 Å². The molecule has 16 heavy (non-hydrogen) atoms. The van der Waals surface area contributed by atoms with Crippen molar-refractivity contribution in [3.8, 4) is 0 Å². The number of hydrogen-bond acceptors (Lipinski definition) is 2. The summed E-state index contributed by atoms with van der Waals surface area (Å²) in [5.74, 6) is 0. The van der Waals surface area contributed by atoms with E-state index >= 15 is 0 Å². The van der Waals surface area contributed by atoms with Gasteiger partial charge in [-0.25, -0.2) is 0 Å². The van der Waals surface area contributed by atoms with Gasteiger partial charge in [0.25, 0.3) is 0 Å². The second-order valence-corrected chi connectivity index (χ2v) is 4.06. The van der Waals surface area contributed by atoms with Crippen molar-refractivity contribution >= 4 is 22.7 Å². The Morgan fingerprint density at radius 1 is 1.19 bits per heavy atom. The lowest BCUT2D eigenvalue weighted by Crippen LogP contribution is -2.06. The molecule has 1 aromatic heterocycles. The van der Waals surface area contributed by atoms with E-state index in [4.69, 9.17) is 0 Å². The summed E-state index contributed by atoms with van der Waals surface area (Å²) in [5, 5.41) is 0.546. The molecule has 1 heterocycles. The average molecular weight is 243 g/mol. The lowest BCUT2D eigenvalue weighted by atomic mass is 10.1. The van der Waals surface area contributed by atoms with Gasteiger partial charge in [0.2, 0.25) is 0 Å². The van der Waals surface area contributed by atoms with E-state index in [1.165, 1.54) is 24.0 Å². The quantitative estimate of drug-likeness (QED) is 0.703. The van der Waals surface area contributed by atoms with Gasteiger partial charge in [-0.3, -0.25) is 4.98 Å². The first-order chi connectivity index (χ1) is 7.54. The number of hydrogen-bond donors (Lipinski definition) is 0. The molecule has 0 unspecified atom stereocenters. The molecule has 5 heteroatoms. The van der Waals surface area contributed by atoms with Crippen LogP contribution in [0.4, 0.5) is 13.2 Å². The predicted octanol–water partition coefficient (Wildman–Crippen LogP) is 3.98. The SMILES string of the molecule is CSc1ccnc2c(C(F)(F)F)cccc12. The summed E-state index contributed by atoms with van der Waals surface area (Å²) in [4.78, 5) is 4.62. The fraction of sp³-hybridized carbons (Fsp3) is 0.182. The number of pyridine rings is 1. The first kappa shape index (κ1) is 11.3. The molecule has 0 saturated heterocycles. The van der Waals surface area contributed by atoms with Crippen LogP contribution in [0.5, 0.6) is 0 Å². The summed E-state index contributed by atoms with van der Waals surface area (Å²) in [6.45, 7) is 0. The van der Waals surface area contributed by atoms with Gasteiger partial charge >= 0.3 is 6.18 Å². The van der Waals surface area contributed by atoms with Gasteiger partial charge in [-0.05, 0) is 18.4 Å². The molecule has 0 saturated carbocycles. The molecule has 1 aromatic carbocycles. The zero-order chi connectivity index (χ0) is 11.8. The minimum Gasteiger partial charge on any atom is -0.256 e. The lowest BCUT2D eigenvalue weighted by Gasteiger charge is -2.10. The third kappa shape index (κ3) is 1.87. The summed E-state index contributed by atoms with van der Waals surface area (Å²) in [6, 6.07) is 5.84. The van der Waals surface area contributed by atoms with Crippen molar-refractivity contribution in [2.45, 2.75) is 11.1 Å². The number of benzene rings is 1. The minimum atomic E-state index is -4.36. The van der Waals surface area contributed by atoms with Gasteiger partial charge in [0.1, 0.15) is 0 Å². The topological polar surface area (TPSA) is 12.9 Å². The van der Waals surface area contributed by atoms with Crippen LogP contribution in [-0.2, 0) is 6.18 Å². The Morgan fingerprint density at radius 3 is 2.56 bits per heavy atom. The number of halogens is 3. The van der Waals surface area contributed by atoms with Gasteiger partial charge < -0.3 is 0 Å². The summed E-state index contributed by atoms with van der Waals surface area (Å²) in [7, 11) is 0. The van der Waals surface area contributed by atoms with Crippen molar-refractivity contribution < 1.29 is 13.2 Å². The smallest absolute Gasteiger partial charge is 0.256 e. The summed E-state index contributed by atoms with van der Waals surface area (Å²) >= 11 is 1.41. The predicted molar refractivity (Wildman–Crippen MR) is 58.5 cm³/mol. The van der Waals surface area contributed by atoms with Crippen LogP contribution in [0.2, 0.25) is 0 Å². The summed E-state index contributed by atoms with van der Waals surface area (Å²) in [5.41, 5.74) is -0.664. The van der Waals surface area contributed by atoms with Gasteiger partial charge in [-0.2, -0.15) is 13.2 Å². The number of alkyl halides is 3. The van der Waals surface area contributed by atoms with E-state index in [0.717, 1.165) is 11.0 Å². The van der Waals surface area contributed by atoms with Crippen molar-refractivity contribution in [1.29, 1.82) is 0 Å². The molecule has 0 amide bonds. The largest absolute Gasteiger partial charge is 0.418 e. The highest BCUT2D eigenvalue weighted by Gasteiger charge is 2.33. The first-order valence-corrected chi connectivity index (χ1v) is 5.75. The second kappa shape index (κ2) is 3.97. The molecule has 0 bridgehead atoms. The van der Waals surface area contributed by atoms with Gasteiger partial charge in [0, 0.05) is 16.5 Å². The zero-order valence-electron chi connectivity index (χ0n) is 8.38. The van der Waals surface area contributed by atoms with Gasteiger partial charge in [0.15, 0.2) is 0 Å². The molecule has 2 aromatic rings. The minimum absolute atomic E-state index is 0.0156. The number of nitrogens with zero attached hydrogens (tertiary/aromatic N) is 1. The molecule has 84 valence electrons. The summed E-state index contributed by atoms with van der Waals surface area (Å²) < 4.78 is 38.1. The Bertz CT molecular complexity index is 522. The third-order valence-electron chi connectivity index (χ3n) is 2.26. The molecular weight excluding hydrogens is 235 g/mol. The van der Waals surface area contributed by atoms with Gasteiger partial charge in [-0.1, -0.05) is 12.1 Å². The maximum absolute atomic E-state index is 12.7. The number of fused-ring (bicyclic) bond motifs is 1. The second-order valence-electron chi connectivity index (χ2n) is 3.21. The lowest BCUT2D eigenvalue weighted by molar-refractivity contribution is -0.136. The fourth-order valence-corrected chi connectivity index (χ4v) is 2.14. The fourth-order valence-electron chi connectivity index (χ4n) is 1.56.